The maximum absolute atomic E-state index is 5.58. The van der Waals surface area contributed by atoms with Gasteiger partial charge in [-0.3, -0.25) is 4.98 Å². The number of rotatable bonds is 2. The van der Waals surface area contributed by atoms with Crippen LogP contribution in [0, 0.1) is 0 Å². The Morgan fingerprint density at radius 1 is 1.50 bits per heavy atom. The van der Waals surface area contributed by atoms with Crippen LogP contribution in [0.25, 0.3) is 0 Å². The normalized spacial score (nSPS) is 10.5. The molecule has 0 unspecified atom stereocenters. The van der Waals surface area contributed by atoms with Gasteiger partial charge in [0.25, 0.3) is 0 Å². The average molecular weight is 163 g/mol. The van der Waals surface area contributed by atoms with Crippen LogP contribution in [0.1, 0.15) is 6.92 Å². The number of anilines is 2. The Morgan fingerprint density at radius 3 is 2.83 bits per heavy atom. The topological polar surface area (TPSA) is 42.2 Å². The van der Waals surface area contributed by atoms with Gasteiger partial charge in [-0.05, 0) is 19.2 Å². The molecule has 1 rings (SSSR count). The highest BCUT2D eigenvalue weighted by molar-refractivity contribution is 5.54. The minimum Gasteiger partial charge on any atom is -0.397 e. The van der Waals surface area contributed by atoms with Gasteiger partial charge in [-0.15, -0.1) is 0 Å². The van der Waals surface area contributed by atoms with E-state index in [1.165, 1.54) is 0 Å². The molecule has 0 aliphatic rings. The molecule has 1 heterocycles. The molecule has 1 aromatic rings. The van der Waals surface area contributed by atoms with E-state index in [-0.39, 0.29) is 0 Å². The lowest BCUT2D eigenvalue weighted by Crippen LogP contribution is -2.08. The molecule has 0 amide bonds. The van der Waals surface area contributed by atoms with Crippen molar-refractivity contribution in [3.05, 3.63) is 30.7 Å². The molecule has 1 aromatic heterocycles. The molecule has 0 aromatic carbocycles. The molecule has 0 atom stereocenters. The minimum atomic E-state index is 0.684. The summed E-state index contributed by atoms with van der Waals surface area (Å²) in [4.78, 5) is 5.95. The Kier molecular flexibility index (Phi) is 2.69. The second-order valence-electron chi connectivity index (χ2n) is 2.57. The first-order chi connectivity index (χ1) is 5.74. The number of nitrogens with two attached hydrogens (primary N) is 1. The van der Waals surface area contributed by atoms with Crippen molar-refractivity contribution in [2.24, 2.45) is 0 Å². The Hall–Kier alpha value is -1.51. The lowest BCUT2D eigenvalue weighted by molar-refractivity contribution is 1.17. The highest BCUT2D eigenvalue weighted by Crippen LogP contribution is 2.13. The molecule has 0 aliphatic carbocycles. The van der Waals surface area contributed by atoms with Crippen LogP contribution in [-0.4, -0.2) is 12.0 Å². The van der Waals surface area contributed by atoms with Crippen molar-refractivity contribution in [2.45, 2.75) is 6.92 Å². The number of allylic oxidation sites excluding steroid dienone is 1. The quantitative estimate of drug-likeness (QED) is 0.720. The molecule has 3 heteroatoms. The molecule has 0 fully saturated rings. The number of nitrogens with zero attached hydrogens (tertiary/aromatic N) is 2. The molecule has 0 radical (unpaired) electrons. The van der Waals surface area contributed by atoms with Gasteiger partial charge in [0.2, 0.25) is 0 Å². The Labute approximate surface area is 72.5 Å². The second kappa shape index (κ2) is 3.76. The molecular formula is C9H13N3. The first-order valence-electron chi connectivity index (χ1n) is 3.80. The Balaban J connectivity index is 2.87. The Bertz CT molecular complexity index is 281. The summed E-state index contributed by atoms with van der Waals surface area (Å²) in [7, 11) is 1.95. The van der Waals surface area contributed by atoms with Crippen LogP contribution in [0.4, 0.5) is 11.4 Å². The third-order valence-corrected chi connectivity index (χ3v) is 1.52. The van der Waals surface area contributed by atoms with Crippen LogP contribution in [0.3, 0.4) is 0 Å². The molecule has 64 valence electrons. The smallest absolute Gasteiger partial charge is 0.0610 e. The maximum atomic E-state index is 5.58. The van der Waals surface area contributed by atoms with Crippen LogP contribution < -0.4 is 10.6 Å². The first kappa shape index (κ1) is 8.59. The van der Waals surface area contributed by atoms with E-state index in [1.807, 2.05) is 37.2 Å². The number of aromatic nitrogens is 1. The summed E-state index contributed by atoms with van der Waals surface area (Å²) in [6, 6.07) is 1.88. The summed E-state index contributed by atoms with van der Waals surface area (Å²) < 4.78 is 0. The van der Waals surface area contributed by atoms with Crippen molar-refractivity contribution in [1.29, 1.82) is 0 Å². The van der Waals surface area contributed by atoms with Gasteiger partial charge in [-0.1, -0.05) is 6.08 Å². The van der Waals surface area contributed by atoms with Crippen molar-refractivity contribution < 1.29 is 0 Å². The van der Waals surface area contributed by atoms with Crippen molar-refractivity contribution in [3.63, 3.8) is 0 Å². The lowest BCUT2D eigenvalue weighted by atomic mass is 10.3. The fraction of sp³-hybridized carbons (Fsp3) is 0.222. The maximum Gasteiger partial charge on any atom is 0.0610 e. The predicted molar refractivity (Wildman–Crippen MR) is 51.9 cm³/mol. The molecule has 0 bridgehead atoms. The zero-order chi connectivity index (χ0) is 8.97. The van der Waals surface area contributed by atoms with E-state index in [1.54, 1.807) is 12.4 Å². The molecule has 0 saturated heterocycles. The van der Waals surface area contributed by atoms with Gasteiger partial charge in [0.15, 0.2) is 0 Å². The van der Waals surface area contributed by atoms with Gasteiger partial charge in [-0.25, -0.2) is 0 Å². The van der Waals surface area contributed by atoms with E-state index < -0.39 is 0 Å². The van der Waals surface area contributed by atoms with E-state index in [0.29, 0.717) is 5.69 Å². The van der Waals surface area contributed by atoms with E-state index in [0.717, 1.165) is 5.69 Å². The number of nitrogen functional groups attached to an aromatic ring is 1. The van der Waals surface area contributed by atoms with Crippen LogP contribution >= 0.6 is 0 Å². The van der Waals surface area contributed by atoms with E-state index >= 15 is 0 Å². The summed E-state index contributed by atoms with van der Waals surface area (Å²) in [5.41, 5.74) is 7.26. The molecule has 2 N–H and O–H groups in total. The molecule has 0 saturated carbocycles. The van der Waals surface area contributed by atoms with Crippen LogP contribution in [0.2, 0.25) is 0 Å². The zero-order valence-electron chi connectivity index (χ0n) is 7.36. The molecular weight excluding hydrogens is 150 g/mol. The van der Waals surface area contributed by atoms with E-state index in [4.69, 9.17) is 5.73 Å². The van der Waals surface area contributed by atoms with Gasteiger partial charge >= 0.3 is 0 Å². The molecule has 0 aliphatic heterocycles. The third kappa shape index (κ3) is 1.99. The molecule has 3 nitrogen and oxygen atoms in total. The molecule has 12 heavy (non-hydrogen) atoms. The van der Waals surface area contributed by atoms with Gasteiger partial charge < -0.3 is 10.6 Å². The monoisotopic (exact) mass is 163 g/mol. The van der Waals surface area contributed by atoms with Gasteiger partial charge in [0.1, 0.15) is 0 Å². The van der Waals surface area contributed by atoms with E-state index in [9.17, 15) is 0 Å². The molecule has 0 spiro atoms. The predicted octanol–water partition coefficient (Wildman–Crippen LogP) is 1.63. The van der Waals surface area contributed by atoms with Crippen LogP contribution in [0.5, 0.6) is 0 Å². The highest BCUT2D eigenvalue weighted by atomic mass is 15.1. The van der Waals surface area contributed by atoms with Crippen LogP contribution in [0.15, 0.2) is 30.7 Å². The highest BCUT2D eigenvalue weighted by Gasteiger charge is 1.95. The van der Waals surface area contributed by atoms with Crippen molar-refractivity contribution in [1.82, 2.24) is 4.98 Å². The van der Waals surface area contributed by atoms with Crippen molar-refractivity contribution >= 4 is 11.4 Å². The van der Waals surface area contributed by atoms with Gasteiger partial charge in [0.05, 0.1) is 17.6 Å². The second-order valence-corrected chi connectivity index (χ2v) is 2.57. The average Bonchev–Trinajstić information content (AvgIpc) is 2.05. The number of hydrogen-bond donors (Lipinski definition) is 1. The summed E-state index contributed by atoms with van der Waals surface area (Å²) in [5.74, 6) is 0. The SMILES string of the molecule is CC=CN(C)c1cncc(N)c1. The zero-order valence-corrected chi connectivity index (χ0v) is 7.36. The van der Waals surface area contributed by atoms with E-state index in [2.05, 4.69) is 4.98 Å². The lowest BCUT2D eigenvalue weighted by Gasteiger charge is -2.13. The Morgan fingerprint density at radius 2 is 2.25 bits per heavy atom. The minimum absolute atomic E-state index is 0.684. The fourth-order valence-electron chi connectivity index (χ4n) is 0.948. The summed E-state index contributed by atoms with van der Waals surface area (Å²) >= 11 is 0. The third-order valence-electron chi connectivity index (χ3n) is 1.52. The largest absolute Gasteiger partial charge is 0.397 e. The number of hydrogen-bond acceptors (Lipinski definition) is 3. The standard InChI is InChI=1S/C9H13N3/c1-3-4-12(2)9-5-8(10)6-11-7-9/h3-7H,10H2,1-2H3. The summed E-state index contributed by atoms with van der Waals surface area (Å²) in [6.45, 7) is 1.97. The fourth-order valence-corrected chi connectivity index (χ4v) is 0.948. The van der Waals surface area contributed by atoms with Crippen molar-refractivity contribution in [3.8, 4) is 0 Å². The summed E-state index contributed by atoms with van der Waals surface area (Å²) in [6.07, 6.45) is 7.32. The van der Waals surface area contributed by atoms with Crippen molar-refractivity contribution in [2.75, 3.05) is 17.7 Å². The van der Waals surface area contributed by atoms with Crippen LogP contribution in [-0.2, 0) is 0 Å². The summed E-state index contributed by atoms with van der Waals surface area (Å²) in [5, 5.41) is 0. The first-order valence-corrected chi connectivity index (χ1v) is 3.80. The van der Waals surface area contributed by atoms with Gasteiger partial charge in [0, 0.05) is 13.2 Å². The number of pyridine rings is 1. The van der Waals surface area contributed by atoms with Gasteiger partial charge in [-0.2, -0.15) is 0 Å².